The monoisotopic (exact) mass is 393 g/mol. The number of hydrogen-bond donors (Lipinski definition) is 1. The predicted octanol–water partition coefficient (Wildman–Crippen LogP) is 4.06. The maximum Gasteiger partial charge on any atom is 0.253 e. The fourth-order valence-electron chi connectivity index (χ4n) is 4.13. The molecular formula is C24H31N3O2. The summed E-state index contributed by atoms with van der Waals surface area (Å²) >= 11 is 0. The van der Waals surface area contributed by atoms with Gasteiger partial charge in [0.05, 0.1) is 12.2 Å². The highest BCUT2D eigenvalue weighted by Crippen LogP contribution is 2.44. The van der Waals surface area contributed by atoms with Crippen molar-refractivity contribution in [1.29, 1.82) is 0 Å². The van der Waals surface area contributed by atoms with Gasteiger partial charge in [-0.15, -0.1) is 0 Å². The lowest BCUT2D eigenvalue weighted by Gasteiger charge is -2.32. The standard InChI is InChI=1S/C24H31N3O2/c1-3-29-23-13-18(4-7-22(23)19-5-6-19)16-27-10-8-21(9-11-27)26-24(28)20-12-17(2)14-25-15-20/h4,7,12-15,19,21H,3,5-6,8-11,16H2,1-2H3,(H,26,28). The molecule has 2 aromatic rings. The van der Waals surface area contributed by atoms with Crippen molar-refractivity contribution < 1.29 is 9.53 Å². The average Bonchev–Trinajstić information content (AvgIpc) is 3.55. The second-order valence-electron chi connectivity index (χ2n) is 8.35. The Bertz CT molecular complexity index is 855. The predicted molar refractivity (Wildman–Crippen MR) is 114 cm³/mol. The molecule has 2 heterocycles. The van der Waals surface area contributed by atoms with Crippen LogP contribution in [0.1, 0.15) is 65.6 Å². The second-order valence-corrected chi connectivity index (χ2v) is 8.35. The van der Waals surface area contributed by atoms with E-state index in [1.165, 1.54) is 24.0 Å². The first kappa shape index (κ1) is 19.9. The van der Waals surface area contributed by atoms with Gasteiger partial charge in [0.1, 0.15) is 5.75 Å². The van der Waals surface area contributed by atoms with Crippen molar-refractivity contribution in [3.8, 4) is 5.75 Å². The number of nitrogens with zero attached hydrogens (tertiary/aromatic N) is 2. The molecule has 0 spiro atoms. The Morgan fingerprint density at radius 1 is 1.17 bits per heavy atom. The molecule has 1 aromatic heterocycles. The number of benzene rings is 1. The molecule has 5 heteroatoms. The number of pyridine rings is 1. The molecule has 2 aliphatic rings. The van der Waals surface area contributed by atoms with E-state index >= 15 is 0 Å². The highest BCUT2D eigenvalue weighted by atomic mass is 16.5. The highest BCUT2D eigenvalue weighted by molar-refractivity contribution is 5.94. The Kier molecular flexibility index (Phi) is 6.14. The molecule has 154 valence electrons. The minimum absolute atomic E-state index is 0.0170. The summed E-state index contributed by atoms with van der Waals surface area (Å²) in [5.41, 5.74) is 4.34. The van der Waals surface area contributed by atoms with Crippen LogP contribution in [0.15, 0.2) is 36.7 Å². The van der Waals surface area contributed by atoms with E-state index in [9.17, 15) is 4.79 Å². The summed E-state index contributed by atoms with van der Waals surface area (Å²) in [5.74, 6) is 1.76. The van der Waals surface area contributed by atoms with Crippen LogP contribution >= 0.6 is 0 Å². The van der Waals surface area contributed by atoms with E-state index in [4.69, 9.17) is 4.74 Å². The van der Waals surface area contributed by atoms with Gasteiger partial charge in [-0.3, -0.25) is 14.7 Å². The van der Waals surface area contributed by atoms with Gasteiger partial charge in [-0.1, -0.05) is 12.1 Å². The van der Waals surface area contributed by atoms with Crippen molar-refractivity contribution in [2.75, 3.05) is 19.7 Å². The van der Waals surface area contributed by atoms with Crippen LogP contribution in [0.25, 0.3) is 0 Å². The lowest BCUT2D eigenvalue weighted by Crippen LogP contribution is -2.44. The Hall–Kier alpha value is -2.40. The first-order valence-corrected chi connectivity index (χ1v) is 10.8. The third-order valence-corrected chi connectivity index (χ3v) is 5.86. The van der Waals surface area contributed by atoms with Crippen molar-refractivity contribution in [2.24, 2.45) is 0 Å². The zero-order valence-electron chi connectivity index (χ0n) is 17.5. The number of carbonyl (C=O) groups is 1. The van der Waals surface area contributed by atoms with E-state index in [2.05, 4.69) is 40.3 Å². The van der Waals surface area contributed by atoms with Gasteiger partial charge in [-0.05, 0) is 74.3 Å². The molecule has 1 saturated heterocycles. The summed E-state index contributed by atoms with van der Waals surface area (Å²) in [6.45, 7) is 7.64. The van der Waals surface area contributed by atoms with E-state index < -0.39 is 0 Å². The van der Waals surface area contributed by atoms with Crippen molar-refractivity contribution >= 4 is 5.91 Å². The number of amides is 1. The summed E-state index contributed by atoms with van der Waals surface area (Å²) < 4.78 is 5.91. The van der Waals surface area contributed by atoms with E-state index in [1.807, 2.05) is 13.0 Å². The first-order chi connectivity index (χ1) is 14.1. The summed E-state index contributed by atoms with van der Waals surface area (Å²) in [7, 11) is 0. The molecule has 0 bridgehead atoms. The van der Waals surface area contributed by atoms with Crippen LogP contribution in [0.2, 0.25) is 0 Å². The number of carbonyl (C=O) groups excluding carboxylic acids is 1. The van der Waals surface area contributed by atoms with Crippen LogP contribution in [0.5, 0.6) is 5.75 Å². The largest absolute Gasteiger partial charge is 0.494 e. The summed E-state index contributed by atoms with van der Waals surface area (Å²) in [4.78, 5) is 19.0. The maximum absolute atomic E-state index is 12.5. The molecule has 1 amide bonds. The normalized spacial score (nSPS) is 17.9. The molecule has 1 N–H and O–H groups in total. The van der Waals surface area contributed by atoms with Crippen molar-refractivity contribution in [3.63, 3.8) is 0 Å². The second kappa shape index (κ2) is 8.95. The Balaban J connectivity index is 1.29. The molecule has 29 heavy (non-hydrogen) atoms. The Morgan fingerprint density at radius 2 is 1.97 bits per heavy atom. The van der Waals surface area contributed by atoms with Crippen LogP contribution in [-0.2, 0) is 6.54 Å². The fraction of sp³-hybridized carbons (Fsp3) is 0.500. The van der Waals surface area contributed by atoms with Crippen LogP contribution in [0, 0.1) is 6.92 Å². The molecule has 1 aromatic carbocycles. The molecule has 4 rings (SSSR count). The fourth-order valence-corrected chi connectivity index (χ4v) is 4.13. The molecule has 5 nitrogen and oxygen atoms in total. The van der Waals surface area contributed by atoms with Crippen LogP contribution < -0.4 is 10.1 Å². The Labute approximate surface area is 173 Å². The van der Waals surface area contributed by atoms with Gasteiger partial charge < -0.3 is 10.1 Å². The smallest absolute Gasteiger partial charge is 0.253 e. The van der Waals surface area contributed by atoms with Crippen LogP contribution in [-0.4, -0.2) is 41.5 Å². The first-order valence-electron chi connectivity index (χ1n) is 10.8. The summed E-state index contributed by atoms with van der Waals surface area (Å²) in [5, 5.41) is 3.17. The molecule has 1 aliphatic carbocycles. The number of aromatic nitrogens is 1. The number of nitrogens with one attached hydrogen (secondary N) is 1. The zero-order chi connectivity index (χ0) is 20.2. The summed E-state index contributed by atoms with van der Waals surface area (Å²) in [6, 6.07) is 8.87. The Morgan fingerprint density at radius 3 is 2.66 bits per heavy atom. The number of likely N-dealkylation sites (tertiary alicyclic amines) is 1. The third-order valence-electron chi connectivity index (χ3n) is 5.86. The van der Waals surface area contributed by atoms with E-state index in [0.717, 1.165) is 43.8 Å². The summed E-state index contributed by atoms with van der Waals surface area (Å²) in [6.07, 6.45) is 7.93. The van der Waals surface area contributed by atoms with E-state index in [-0.39, 0.29) is 11.9 Å². The minimum Gasteiger partial charge on any atom is -0.494 e. The topological polar surface area (TPSA) is 54.5 Å². The number of piperidine rings is 1. The van der Waals surface area contributed by atoms with Gasteiger partial charge in [-0.25, -0.2) is 0 Å². The molecule has 0 radical (unpaired) electrons. The van der Waals surface area contributed by atoms with Gasteiger partial charge in [0.2, 0.25) is 0 Å². The number of rotatable bonds is 7. The van der Waals surface area contributed by atoms with E-state index in [1.54, 1.807) is 12.4 Å². The van der Waals surface area contributed by atoms with Gasteiger partial charge in [-0.2, -0.15) is 0 Å². The van der Waals surface area contributed by atoms with Gasteiger partial charge in [0.25, 0.3) is 5.91 Å². The quantitative estimate of drug-likeness (QED) is 0.771. The molecule has 2 fully saturated rings. The zero-order valence-corrected chi connectivity index (χ0v) is 17.5. The number of aryl methyl sites for hydroxylation is 1. The average molecular weight is 394 g/mol. The SMILES string of the molecule is CCOc1cc(CN2CCC(NC(=O)c3cncc(C)c3)CC2)ccc1C1CC1. The molecule has 0 unspecified atom stereocenters. The maximum atomic E-state index is 12.5. The lowest BCUT2D eigenvalue weighted by molar-refractivity contribution is 0.0908. The highest BCUT2D eigenvalue weighted by Gasteiger charge is 2.27. The van der Waals surface area contributed by atoms with Crippen molar-refractivity contribution in [1.82, 2.24) is 15.2 Å². The number of hydrogen-bond acceptors (Lipinski definition) is 4. The number of ether oxygens (including phenoxy) is 1. The van der Waals surface area contributed by atoms with Crippen molar-refractivity contribution in [3.05, 3.63) is 58.9 Å². The van der Waals surface area contributed by atoms with Crippen molar-refractivity contribution in [2.45, 2.75) is 58.0 Å². The van der Waals surface area contributed by atoms with Gasteiger partial charge >= 0.3 is 0 Å². The molecule has 0 atom stereocenters. The van der Waals surface area contributed by atoms with Crippen LogP contribution in [0.4, 0.5) is 0 Å². The lowest BCUT2D eigenvalue weighted by atomic mass is 10.0. The molecule has 1 aliphatic heterocycles. The van der Waals surface area contributed by atoms with Crippen LogP contribution in [0.3, 0.4) is 0 Å². The van der Waals surface area contributed by atoms with Gasteiger partial charge in [0.15, 0.2) is 0 Å². The third kappa shape index (κ3) is 5.15. The van der Waals surface area contributed by atoms with Gasteiger partial charge in [0, 0.05) is 38.1 Å². The minimum atomic E-state index is -0.0170. The van der Waals surface area contributed by atoms with E-state index in [0.29, 0.717) is 18.1 Å². The molecule has 1 saturated carbocycles. The molecular weight excluding hydrogens is 362 g/mol.